The number of benzene rings is 1. The van der Waals surface area contributed by atoms with Gasteiger partial charge < -0.3 is 5.32 Å². The zero-order chi connectivity index (χ0) is 21.5. The van der Waals surface area contributed by atoms with Gasteiger partial charge in [0.1, 0.15) is 12.1 Å². The summed E-state index contributed by atoms with van der Waals surface area (Å²) in [7, 11) is 0. The van der Waals surface area contributed by atoms with Crippen molar-refractivity contribution in [2.75, 3.05) is 6.54 Å². The van der Waals surface area contributed by atoms with Crippen molar-refractivity contribution >= 4 is 5.91 Å². The van der Waals surface area contributed by atoms with Gasteiger partial charge in [0, 0.05) is 36.3 Å². The van der Waals surface area contributed by atoms with Gasteiger partial charge >= 0.3 is 6.18 Å². The van der Waals surface area contributed by atoms with Crippen LogP contribution in [0.1, 0.15) is 45.6 Å². The maximum Gasteiger partial charge on any atom is 0.416 e. The fourth-order valence-corrected chi connectivity index (χ4v) is 3.57. The number of hydrogen-bond donors (Lipinski definition) is 1. The molecular formula is C21H16F4N4O. The molecule has 0 fully saturated rings. The summed E-state index contributed by atoms with van der Waals surface area (Å²) >= 11 is 0. The van der Waals surface area contributed by atoms with Crippen molar-refractivity contribution in [3.05, 3.63) is 76.6 Å². The van der Waals surface area contributed by atoms with Gasteiger partial charge in [-0.15, -0.1) is 0 Å². The first-order chi connectivity index (χ1) is 14.2. The summed E-state index contributed by atoms with van der Waals surface area (Å²) in [4.78, 5) is 24.9. The Labute approximate surface area is 169 Å². The molecule has 0 bridgehead atoms. The number of carbonyl (C=O) groups is 1. The summed E-state index contributed by atoms with van der Waals surface area (Å²) in [5, 5.41) is 2.81. The van der Waals surface area contributed by atoms with E-state index in [1.54, 1.807) is 12.1 Å². The first-order valence-electron chi connectivity index (χ1n) is 9.17. The number of nitrogens with zero attached hydrogens (tertiary/aromatic N) is 3. The minimum absolute atomic E-state index is 0.0115. The van der Waals surface area contributed by atoms with E-state index in [4.69, 9.17) is 0 Å². The van der Waals surface area contributed by atoms with Crippen LogP contribution in [0.4, 0.5) is 17.6 Å². The summed E-state index contributed by atoms with van der Waals surface area (Å²) in [6.07, 6.45) is -1.86. The van der Waals surface area contributed by atoms with E-state index in [0.717, 1.165) is 17.7 Å². The van der Waals surface area contributed by atoms with Crippen LogP contribution in [0, 0.1) is 5.82 Å². The zero-order valence-corrected chi connectivity index (χ0v) is 15.8. The molecule has 5 nitrogen and oxygen atoms in total. The van der Waals surface area contributed by atoms with Crippen molar-refractivity contribution in [3.63, 3.8) is 0 Å². The van der Waals surface area contributed by atoms with E-state index in [0.29, 0.717) is 35.3 Å². The number of nitrogens with one attached hydrogen (secondary N) is 1. The number of fused-ring (bicyclic) bond motifs is 1. The van der Waals surface area contributed by atoms with Gasteiger partial charge in [0.15, 0.2) is 0 Å². The third-order valence-electron chi connectivity index (χ3n) is 4.93. The van der Waals surface area contributed by atoms with Gasteiger partial charge in [-0.1, -0.05) is 6.92 Å². The number of carbonyl (C=O) groups excluding carboxylic acids is 1. The van der Waals surface area contributed by atoms with Crippen molar-refractivity contribution in [2.24, 2.45) is 0 Å². The number of alkyl halides is 3. The fraction of sp³-hybridized carbons (Fsp3) is 0.238. The van der Waals surface area contributed by atoms with Crippen LogP contribution in [0.25, 0.3) is 11.4 Å². The molecule has 2 aromatic heterocycles. The summed E-state index contributed by atoms with van der Waals surface area (Å²) < 4.78 is 52.6. The highest BCUT2D eigenvalue weighted by Gasteiger charge is 2.31. The first kappa shape index (κ1) is 19.9. The number of pyridine rings is 1. The Balaban J connectivity index is 1.71. The summed E-state index contributed by atoms with van der Waals surface area (Å²) in [5.74, 6) is -1.15. The summed E-state index contributed by atoms with van der Waals surface area (Å²) in [5.41, 5.74) is 1.74. The van der Waals surface area contributed by atoms with Crippen LogP contribution < -0.4 is 5.32 Å². The average Bonchev–Trinajstić information content (AvgIpc) is 2.69. The van der Waals surface area contributed by atoms with Crippen molar-refractivity contribution in [3.8, 4) is 11.4 Å². The molecule has 1 unspecified atom stereocenters. The van der Waals surface area contributed by atoms with Crippen LogP contribution in [-0.4, -0.2) is 27.4 Å². The van der Waals surface area contributed by atoms with E-state index in [9.17, 15) is 22.4 Å². The molecular weight excluding hydrogens is 400 g/mol. The molecule has 3 heterocycles. The molecule has 9 heteroatoms. The van der Waals surface area contributed by atoms with E-state index >= 15 is 0 Å². The standard InChI is InChI=1S/C21H16F4N4O/c1-11-9-27-20(30)16-2-3-26-19(18(11)16)17-8-15(28-10-29-17)6-12-4-13(21(23,24)25)7-14(22)5-12/h2-5,7-8,10-11H,6,9H2,1H3,(H,27,30). The number of halogens is 4. The third kappa shape index (κ3) is 3.87. The molecule has 154 valence electrons. The largest absolute Gasteiger partial charge is 0.416 e. The molecule has 3 aromatic rings. The Kier molecular flexibility index (Phi) is 4.97. The molecule has 1 aliphatic heterocycles. The Bertz CT molecular complexity index is 1130. The van der Waals surface area contributed by atoms with E-state index in [2.05, 4.69) is 20.3 Å². The Morgan fingerprint density at radius 2 is 1.93 bits per heavy atom. The molecule has 30 heavy (non-hydrogen) atoms. The molecule has 1 aliphatic rings. The number of rotatable bonds is 3. The second-order valence-corrected chi connectivity index (χ2v) is 7.15. The van der Waals surface area contributed by atoms with E-state index < -0.39 is 17.6 Å². The van der Waals surface area contributed by atoms with Crippen molar-refractivity contribution < 1.29 is 22.4 Å². The normalized spacial score (nSPS) is 16.2. The molecule has 1 amide bonds. The van der Waals surface area contributed by atoms with Crippen LogP contribution >= 0.6 is 0 Å². The summed E-state index contributed by atoms with van der Waals surface area (Å²) in [6.45, 7) is 2.42. The highest BCUT2D eigenvalue weighted by atomic mass is 19.4. The number of hydrogen-bond acceptors (Lipinski definition) is 4. The zero-order valence-electron chi connectivity index (χ0n) is 15.8. The van der Waals surface area contributed by atoms with E-state index in [-0.39, 0.29) is 23.8 Å². The maximum absolute atomic E-state index is 13.7. The smallest absolute Gasteiger partial charge is 0.351 e. The molecule has 0 spiro atoms. The van der Waals surface area contributed by atoms with Gasteiger partial charge in [0.05, 0.1) is 17.0 Å². The molecule has 4 rings (SSSR count). The Morgan fingerprint density at radius 1 is 1.13 bits per heavy atom. The van der Waals surface area contributed by atoms with E-state index in [1.165, 1.54) is 12.5 Å². The van der Waals surface area contributed by atoms with Gasteiger partial charge in [-0.3, -0.25) is 9.78 Å². The van der Waals surface area contributed by atoms with E-state index in [1.807, 2.05) is 6.92 Å². The van der Waals surface area contributed by atoms with Crippen LogP contribution in [0.2, 0.25) is 0 Å². The first-order valence-corrected chi connectivity index (χ1v) is 9.17. The SMILES string of the molecule is CC1CNC(=O)c2ccnc(-c3cc(Cc4cc(F)cc(C(F)(F)F)c4)ncn3)c21. The van der Waals surface area contributed by atoms with Gasteiger partial charge in [0.25, 0.3) is 5.91 Å². The predicted molar refractivity (Wildman–Crippen MR) is 100 cm³/mol. The average molecular weight is 416 g/mol. The van der Waals surface area contributed by atoms with Gasteiger partial charge in [-0.05, 0) is 41.5 Å². The lowest BCUT2D eigenvalue weighted by molar-refractivity contribution is -0.137. The molecule has 1 aromatic carbocycles. The molecule has 1 atom stereocenters. The molecule has 0 aliphatic carbocycles. The van der Waals surface area contributed by atoms with Crippen molar-refractivity contribution in [2.45, 2.75) is 25.4 Å². The highest BCUT2D eigenvalue weighted by Crippen LogP contribution is 2.33. The monoisotopic (exact) mass is 416 g/mol. The van der Waals surface area contributed by atoms with Crippen LogP contribution in [0.15, 0.2) is 42.9 Å². The van der Waals surface area contributed by atoms with Crippen LogP contribution in [-0.2, 0) is 12.6 Å². The second-order valence-electron chi connectivity index (χ2n) is 7.15. The fourth-order valence-electron chi connectivity index (χ4n) is 3.57. The topological polar surface area (TPSA) is 67.8 Å². The van der Waals surface area contributed by atoms with Crippen molar-refractivity contribution in [1.82, 2.24) is 20.3 Å². The van der Waals surface area contributed by atoms with Gasteiger partial charge in [-0.25, -0.2) is 14.4 Å². The van der Waals surface area contributed by atoms with Gasteiger partial charge in [0.2, 0.25) is 0 Å². The molecule has 1 N–H and O–H groups in total. The Hall–Kier alpha value is -3.36. The Morgan fingerprint density at radius 3 is 2.70 bits per heavy atom. The van der Waals surface area contributed by atoms with Crippen LogP contribution in [0.3, 0.4) is 0 Å². The third-order valence-corrected chi connectivity index (χ3v) is 4.93. The summed E-state index contributed by atoms with van der Waals surface area (Å²) in [6, 6.07) is 5.64. The maximum atomic E-state index is 13.7. The van der Waals surface area contributed by atoms with Gasteiger partial charge in [-0.2, -0.15) is 13.2 Å². The molecule has 0 saturated carbocycles. The lowest BCUT2D eigenvalue weighted by atomic mass is 9.89. The lowest BCUT2D eigenvalue weighted by Crippen LogP contribution is -2.34. The predicted octanol–water partition coefficient (Wildman–Crippen LogP) is 4.13. The minimum atomic E-state index is -4.64. The van der Waals surface area contributed by atoms with Crippen molar-refractivity contribution in [1.29, 1.82) is 0 Å². The second kappa shape index (κ2) is 7.47. The van der Waals surface area contributed by atoms with Crippen LogP contribution in [0.5, 0.6) is 0 Å². The molecule has 0 saturated heterocycles. The number of aromatic nitrogens is 3. The lowest BCUT2D eigenvalue weighted by Gasteiger charge is -2.24. The number of amides is 1. The minimum Gasteiger partial charge on any atom is -0.351 e. The highest BCUT2D eigenvalue weighted by molar-refractivity contribution is 5.98. The quantitative estimate of drug-likeness (QED) is 0.652. The molecule has 0 radical (unpaired) electrons.